The highest BCUT2D eigenvalue weighted by atomic mass is 15.1. The molecule has 0 bridgehead atoms. The molecule has 4 nitrogen and oxygen atoms in total. The summed E-state index contributed by atoms with van der Waals surface area (Å²) in [4.78, 5) is 9.90. The van der Waals surface area contributed by atoms with Gasteiger partial charge in [0.05, 0.1) is 22.1 Å². The summed E-state index contributed by atoms with van der Waals surface area (Å²) < 4.78 is 4.38. The number of aromatic nitrogens is 4. The van der Waals surface area contributed by atoms with Crippen LogP contribution in [0.1, 0.15) is 22.3 Å². The Morgan fingerprint density at radius 3 is 1.37 bits per heavy atom. The lowest BCUT2D eigenvalue weighted by molar-refractivity contribution is 0.951. The van der Waals surface area contributed by atoms with Gasteiger partial charge in [0.15, 0.2) is 0 Å². The molecule has 0 amide bonds. The summed E-state index contributed by atoms with van der Waals surface area (Å²) in [5, 5.41) is 0. The Bertz CT molecular complexity index is 1340. The minimum atomic E-state index is 1.00. The third-order valence-corrected chi connectivity index (χ3v) is 6.13. The fourth-order valence-electron chi connectivity index (χ4n) is 4.40. The molecule has 0 aliphatic rings. The largest absolute Gasteiger partial charge is 0.327 e. The van der Waals surface area contributed by atoms with Crippen LogP contribution in [0.2, 0.25) is 0 Å². The molecule has 0 fully saturated rings. The van der Waals surface area contributed by atoms with E-state index in [4.69, 9.17) is 9.97 Å². The van der Waals surface area contributed by atoms with Gasteiger partial charge in [0.2, 0.25) is 0 Å². The van der Waals surface area contributed by atoms with Gasteiger partial charge in [0.25, 0.3) is 0 Å². The summed E-state index contributed by atoms with van der Waals surface area (Å²) in [7, 11) is 4.19. The van der Waals surface area contributed by atoms with E-state index < -0.39 is 0 Å². The van der Waals surface area contributed by atoms with E-state index in [-0.39, 0.29) is 0 Å². The summed E-state index contributed by atoms with van der Waals surface area (Å²) >= 11 is 0. The van der Waals surface area contributed by atoms with Crippen molar-refractivity contribution in [3.05, 3.63) is 70.8 Å². The molecule has 0 aliphatic carbocycles. The first-order valence-corrected chi connectivity index (χ1v) is 10.3. The average Bonchev–Trinajstić information content (AvgIpc) is 3.19. The van der Waals surface area contributed by atoms with Crippen LogP contribution in [0.3, 0.4) is 0 Å². The molecular weight excluding hydrogens is 368 g/mol. The third-order valence-electron chi connectivity index (χ3n) is 6.13. The molecule has 5 aromatic rings. The molecule has 0 radical (unpaired) electrons. The Hall–Kier alpha value is -3.40. The van der Waals surface area contributed by atoms with E-state index in [1.807, 2.05) is 0 Å². The van der Waals surface area contributed by atoms with Crippen LogP contribution in [0.25, 0.3) is 44.8 Å². The van der Waals surface area contributed by atoms with Gasteiger partial charge in [0.1, 0.15) is 11.6 Å². The maximum Gasteiger partial charge on any atom is 0.141 e. The van der Waals surface area contributed by atoms with Crippen LogP contribution >= 0.6 is 0 Å². The third kappa shape index (κ3) is 2.75. The van der Waals surface area contributed by atoms with E-state index in [0.717, 1.165) is 33.7 Å². The molecule has 0 saturated heterocycles. The predicted octanol–water partition coefficient (Wildman–Crippen LogP) is 6.03. The summed E-state index contributed by atoms with van der Waals surface area (Å²) in [5.41, 5.74) is 11.6. The standard InChI is InChI=1S/C26H26N4/c1-15-7-9-23-21(11-15)27-25(29(23)5)19-13-18(4)20(14-17(19)3)26-28-22-12-16(2)8-10-24(22)30(26)6/h7-14H,1-6H3. The maximum atomic E-state index is 4.95. The molecule has 2 heterocycles. The van der Waals surface area contributed by atoms with Crippen LogP contribution in [0.15, 0.2) is 48.5 Å². The SMILES string of the molecule is Cc1ccc2c(c1)nc(-c1cc(C)c(-c3nc4cc(C)ccc4n3C)cc1C)n2C. The molecule has 150 valence electrons. The fraction of sp³-hybridized carbons (Fsp3) is 0.231. The first-order valence-electron chi connectivity index (χ1n) is 10.3. The highest BCUT2D eigenvalue weighted by molar-refractivity contribution is 5.85. The van der Waals surface area contributed by atoms with E-state index >= 15 is 0 Å². The van der Waals surface area contributed by atoms with E-state index in [1.54, 1.807) is 0 Å². The fourth-order valence-corrected chi connectivity index (χ4v) is 4.40. The summed E-state index contributed by atoms with van der Waals surface area (Å²) in [6.07, 6.45) is 0. The molecule has 2 aromatic heterocycles. The van der Waals surface area contributed by atoms with Crippen molar-refractivity contribution >= 4 is 22.1 Å². The first-order chi connectivity index (χ1) is 14.3. The second-order valence-corrected chi connectivity index (χ2v) is 8.46. The quantitative estimate of drug-likeness (QED) is 0.367. The normalized spacial score (nSPS) is 11.7. The van der Waals surface area contributed by atoms with Gasteiger partial charge in [-0.1, -0.05) is 12.1 Å². The van der Waals surface area contributed by atoms with Gasteiger partial charge in [-0.3, -0.25) is 0 Å². The number of benzene rings is 3. The van der Waals surface area contributed by atoms with Crippen molar-refractivity contribution < 1.29 is 0 Å². The molecule has 0 spiro atoms. The van der Waals surface area contributed by atoms with Gasteiger partial charge in [-0.15, -0.1) is 0 Å². The Kier molecular flexibility index (Phi) is 4.07. The number of nitrogens with zero attached hydrogens (tertiary/aromatic N) is 4. The number of hydrogen-bond acceptors (Lipinski definition) is 2. The van der Waals surface area contributed by atoms with E-state index in [2.05, 4.69) is 99.5 Å². The molecule has 0 aliphatic heterocycles. The zero-order chi connectivity index (χ0) is 21.2. The number of aryl methyl sites for hydroxylation is 6. The smallest absolute Gasteiger partial charge is 0.141 e. The predicted molar refractivity (Wildman–Crippen MR) is 125 cm³/mol. The lowest BCUT2D eigenvalue weighted by atomic mass is 9.99. The second kappa shape index (κ2) is 6.56. The lowest BCUT2D eigenvalue weighted by Crippen LogP contribution is -1.99. The second-order valence-electron chi connectivity index (χ2n) is 8.46. The Balaban J connectivity index is 1.68. The van der Waals surface area contributed by atoms with Crippen LogP contribution < -0.4 is 0 Å². The molecule has 0 N–H and O–H groups in total. The van der Waals surface area contributed by atoms with Crippen LogP contribution in [-0.2, 0) is 14.1 Å². The number of fused-ring (bicyclic) bond motifs is 2. The maximum absolute atomic E-state index is 4.95. The molecule has 0 saturated carbocycles. The van der Waals surface area contributed by atoms with Crippen molar-refractivity contribution in [2.24, 2.45) is 14.1 Å². The Morgan fingerprint density at radius 2 is 0.967 bits per heavy atom. The summed E-state index contributed by atoms with van der Waals surface area (Å²) in [6.45, 7) is 8.54. The van der Waals surface area contributed by atoms with Crippen LogP contribution in [0, 0.1) is 27.7 Å². The van der Waals surface area contributed by atoms with Gasteiger partial charge < -0.3 is 9.13 Å². The van der Waals surface area contributed by atoms with Crippen molar-refractivity contribution in [3.8, 4) is 22.8 Å². The van der Waals surface area contributed by atoms with Gasteiger partial charge in [-0.25, -0.2) is 9.97 Å². The molecular formula is C26H26N4. The van der Waals surface area contributed by atoms with Crippen molar-refractivity contribution in [1.29, 1.82) is 0 Å². The molecule has 0 atom stereocenters. The molecule has 3 aromatic carbocycles. The number of rotatable bonds is 2. The summed E-state index contributed by atoms with van der Waals surface area (Å²) in [6, 6.07) is 17.4. The number of hydrogen-bond donors (Lipinski definition) is 0. The Labute approximate surface area is 176 Å². The van der Waals surface area contributed by atoms with Gasteiger partial charge in [-0.05, 0) is 86.3 Å². The van der Waals surface area contributed by atoms with E-state index in [1.165, 1.54) is 33.4 Å². The van der Waals surface area contributed by atoms with Crippen molar-refractivity contribution in [1.82, 2.24) is 19.1 Å². The summed E-state index contributed by atoms with van der Waals surface area (Å²) in [5.74, 6) is 2.01. The van der Waals surface area contributed by atoms with E-state index in [0.29, 0.717) is 0 Å². The van der Waals surface area contributed by atoms with Crippen LogP contribution in [0.5, 0.6) is 0 Å². The van der Waals surface area contributed by atoms with Gasteiger partial charge >= 0.3 is 0 Å². The van der Waals surface area contributed by atoms with Crippen molar-refractivity contribution in [3.63, 3.8) is 0 Å². The average molecular weight is 395 g/mol. The topological polar surface area (TPSA) is 35.6 Å². The lowest BCUT2D eigenvalue weighted by Gasteiger charge is -2.12. The first kappa shape index (κ1) is 18.6. The minimum absolute atomic E-state index is 1.00. The van der Waals surface area contributed by atoms with Gasteiger partial charge in [0, 0.05) is 25.2 Å². The molecule has 0 unspecified atom stereocenters. The zero-order valence-electron chi connectivity index (χ0n) is 18.4. The zero-order valence-corrected chi connectivity index (χ0v) is 18.4. The molecule has 30 heavy (non-hydrogen) atoms. The highest BCUT2D eigenvalue weighted by Crippen LogP contribution is 2.33. The Morgan fingerprint density at radius 1 is 0.567 bits per heavy atom. The monoisotopic (exact) mass is 394 g/mol. The number of imidazole rings is 2. The highest BCUT2D eigenvalue weighted by Gasteiger charge is 2.17. The van der Waals surface area contributed by atoms with E-state index in [9.17, 15) is 0 Å². The van der Waals surface area contributed by atoms with Crippen LogP contribution in [-0.4, -0.2) is 19.1 Å². The molecule has 4 heteroatoms. The van der Waals surface area contributed by atoms with Crippen molar-refractivity contribution in [2.75, 3.05) is 0 Å². The van der Waals surface area contributed by atoms with Gasteiger partial charge in [-0.2, -0.15) is 0 Å². The van der Waals surface area contributed by atoms with Crippen molar-refractivity contribution in [2.45, 2.75) is 27.7 Å². The van der Waals surface area contributed by atoms with Crippen LogP contribution in [0.4, 0.5) is 0 Å². The minimum Gasteiger partial charge on any atom is -0.327 e. The molecule has 5 rings (SSSR count).